The number of aromatic nitrogens is 1. The van der Waals surface area contributed by atoms with E-state index in [1.165, 1.54) is 0 Å². The summed E-state index contributed by atoms with van der Waals surface area (Å²) in [6.07, 6.45) is 5.25. The summed E-state index contributed by atoms with van der Waals surface area (Å²) in [7, 11) is 0. The summed E-state index contributed by atoms with van der Waals surface area (Å²) in [6.45, 7) is 9.17. The second-order valence-corrected chi connectivity index (χ2v) is 7.43. The molecule has 132 valence electrons. The second kappa shape index (κ2) is 7.97. The summed E-state index contributed by atoms with van der Waals surface area (Å²) in [5.74, 6) is 2.60. The lowest BCUT2D eigenvalue weighted by molar-refractivity contribution is -0.137. The van der Waals surface area contributed by atoms with Crippen LogP contribution >= 0.6 is 0 Å². The van der Waals surface area contributed by atoms with E-state index < -0.39 is 0 Å². The maximum Gasteiger partial charge on any atom is 0.239 e. The largest absolute Gasteiger partial charge is 0.370 e. The number of nitrogens with one attached hydrogen (secondary N) is 1. The number of amides is 1. The molecule has 0 saturated carbocycles. The number of likely N-dealkylation sites (tertiary alicyclic amines) is 2. The van der Waals surface area contributed by atoms with Crippen LogP contribution < -0.4 is 5.32 Å². The van der Waals surface area contributed by atoms with Gasteiger partial charge in [-0.2, -0.15) is 0 Å². The van der Waals surface area contributed by atoms with Gasteiger partial charge in [0, 0.05) is 32.4 Å². The summed E-state index contributed by atoms with van der Waals surface area (Å²) in [5, 5.41) is 3.41. The molecule has 1 N–H and O–H groups in total. The van der Waals surface area contributed by atoms with Gasteiger partial charge in [0.2, 0.25) is 5.91 Å². The van der Waals surface area contributed by atoms with Gasteiger partial charge in [-0.25, -0.2) is 4.98 Å². The Hall–Kier alpha value is -1.62. The molecule has 2 saturated heterocycles. The van der Waals surface area contributed by atoms with Crippen molar-refractivity contribution in [3.63, 3.8) is 0 Å². The molecule has 0 radical (unpaired) electrons. The van der Waals surface area contributed by atoms with Crippen molar-refractivity contribution in [2.75, 3.05) is 38.0 Å². The molecule has 0 bridgehead atoms. The van der Waals surface area contributed by atoms with Crippen LogP contribution in [0.1, 0.15) is 33.1 Å². The Morgan fingerprint density at radius 2 is 2.08 bits per heavy atom. The van der Waals surface area contributed by atoms with Gasteiger partial charge in [0.25, 0.3) is 0 Å². The lowest BCUT2D eigenvalue weighted by Gasteiger charge is -2.34. The minimum atomic E-state index is 0.0123. The molecule has 2 aliphatic heterocycles. The van der Waals surface area contributed by atoms with E-state index in [1.807, 2.05) is 24.4 Å². The number of carbonyl (C=O) groups is 1. The monoisotopic (exact) mass is 330 g/mol. The third kappa shape index (κ3) is 4.26. The van der Waals surface area contributed by atoms with Crippen molar-refractivity contribution in [1.29, 1.82) is 0 Å². The average Bonchev–Trinajstić information content (AvgIpc) is 3.09. The SMILES string of the molecule is CC1CCN(C(=O)[C@@H](C)N2CC[C@H](CNc3ccccn3)C2)CC1. The van der Waals surface area contributed by atoms with E-state index >= 15 is 0 Å². The molecule has 1 aromatic rings. The highest BCUT2D eigenvalue weighted by molar-refractivity contribution is 5.81. The highest BCUT2D eigenvalue weighted by Gasteiger charge is 2.32. The van der Waals surface area contributed by atoms with Crippen LogP contribution in [0.5, 0.6) is 0 Å². The third-order valence-electron chi connectivity index (χ3n) is 5.55. The Bertz CT molecular complexity index is 527. The summed E-state index contributed by atoms with van der Waals surface area (Å²) in [5.41, 5.74) is 0. The first-order valence-electron chi connectivity index (χ1n) is 9.31. The standard InChI is InChI=1S/C19H30N4O/c1-15-6-10-22(11-7-15)19(24)16(2)23-12-8-17(14-23)13-21-18-5-3-4-9-20-18/h3-5,9,15-17H,6-8,10-14H2,1-2H3,(H,20,21)/t16-,17-/m1/s1. The van der Waals surface area contributed by atoms with E-state index in [4.69, 9.17) is 0 Å². The zero-order chi connectivity index (χ0) is 16.9. The predicted octanol–water partition coefficient (Wildman–Crippen LogP) is 2.46. The van der Waals surface area contributed by atoms with Crippen molar-refractivity contribution in [3.05, 3.63) is 24.4 Å². The summed E-state index contributed by atoms with van der Waals surface area (Å²) >= 11 is 0. The van der Waals surface area contributed by atoms with Crippen molar-refractivity contribution >= 4 is 11.7 Å². The van der Waals surface area contributed by atoms with Crippen LogP contribution in [0.4, 0.5) is 5.82 Å². The van der Waals surface area contributed by atoms with Gasteiger partial charge in [0.15, 0.2) is 0 Å². The number of carbonyl (C=O) groups excluding carboxylic acids is 1. The minimum absolute atomic E-state index is 0.0123. The highest BCUT2D eigenvalue weighted by Crippen LogP contribution is 2.22. The lowest BCUT2D eigenvalue weighted by Crippen LogP contribution is -2.48. The Kier molecular flexibility index (Phi) is 5.72. The molecule has 0 unspecified atom stereocenters. The quantitative estimate of drug-likeness (QED) is 0.901. The number of piperidine rings is 1. The van der Waals surface area contributed by atoms with Crippen LogP contribution in [-0.4, -0.2) is 59.5 Å². The molecule has 1 aromatic heterocycles. The van der Waals surface area contributed by atoms with Gasteiger partial charge in [0.1, 0.15) is 5.82 Å². The Morgan fingerprint density at radius 1 is 1.29 bits per heavy atom. The molecular weight excluding hydrogens is 300 g/mol. The molecule has 0 spiro atoms. The van der Waals surface area contributed by atoms with E-state index in [1.54, 1.807) is 0 Å². The normalized spacial score (nSPS) is 24.1. The zero-order valence-corrected chi connectivity index (χ0v) is 14.9. The molecule has 5 heteroatoms. The fraction of sp³-hybridized carbons (Fsp3) is 0.684. The topological polar surface area (TPSA) is 48.5 Å². The van der Waals surface area contributed by atoms with Gasteiger partial charge in [0.05, 0.1) is 6.04 Å². The molecule has 0 aliphatic carbocycles. The number of rotatable bonds is 5. The summed E-state index contributed by atoms with van der Waals surface area (Å²) in [4.78, 5) is 21.5. The molecule has 24 heavy (non-hydrogen) atoms. The van der Waals surface area contributed by atoms with E-state index in [-0.39, 0.29) is 6.04 Å². The van der Waals surface area contributed by atoms with Gasteiger partial charge in [-0.1, -0.05) is 13.0 Å². The Morgan fingerprint density at radius 3 is 2.79 bits per heavy atom. The van der Waals surface area contributed by atoms with E-state index in [0.717, 1.165) is 63.7 Å². The van der Waals surface area contributed by atoms with Crippen molar-refractivity contribution in [3.8, 4) is 0 Å². The molecule has 0 aromatic carbocycles. The van der Waals surface area contributed by atoms with Gasteiger partial charge < -0.3 is 10.2 Å². The molecule has 3 rings (SSSR count). The minimum Gasteiger partial charge on any atom is -0.370 e. The maximum atomic E-state index is 12.7. The predicted molar refractivity (Wildman–Crippen MR) is 96.8 cm³/mol. The van der Waals surface area contributed by atoms with Crippen LogP contribution in [0.3, 0.4) is 0 Å². The van der Waals surface area contributed by atoms with Gasteiger partial charge in [-0.15, -0.1) is 0 Å². The van der Waals surface area contributed by atoms with Crippen LogP contribution in [0, 0.1) is 11.8 Å². The van der Waals surface area contributed by atoms with E-state index in [9.17, 15) is 4.79 Å². The fourth-order valence-electron chi connectivity index (χ4n) is 3.75. The second-order valence-electron chi connectivity index (χ2n) is 7.43. The molecule has 2 aliphatic rings. The Labute approximate surface area is 145 Å². The molecule has 5 nitrogen and oxygen atoms in total. The smallest absolute Gasteiger partial charge is 0.239 e. The van der Waals surface area contributed by atoms with Gasteiger partial charge >= 0.3 is 0 Å². The molecule has 3 heterocycles. The van der Waals surface area contributed by atoms with Crippen molar-refractivity contribution in [2.45, 2.75) is 39.2 Å². The Balaban J connectivity index is 1.45. The lowest BCUT2D eigenvalue weighted by atomic mass is 9.99. The zero-order valence-electron chi connectivity index (χ0n) is 14.9. The number of hydrogen-bond acceptors (Lipinski definition) is 4. The first kappa shape index (κ1) is 17.2. The average molecular weight is 330 g/mol. The van der Waals surface area contributed by atoms with Crippen LogP contribution in [0.25, 0.3) is 0 Å². The van der Waals surface area contributed by atoms with Crippen LogP contribution in [-0.2, 0) is 4.79 Å². The highest BCUT2D eigenvalue weighted by atomic mass is 16.2. The number of nitrogens with zero attached hydrogens (tertiary/aromatic N) is 3. The summed E-state index contributed by atoms with van der Waals surface area (Å²) in [6, 6.07) is 5.93. The fourth-order valence-corrected chi connectivity index (χ4v) is 3.75. The van der Waals surface area contributed by atoms with Gasteiger partial charge in [-0.3, -0.25) is 9.69 Å². The summed E-state index contributed by atoms with van der Waals surface area (Å²) < 4.78 is 0. The van der Waals surface area contributed by atoms with Crippen molar-refractivity contribution in [2.24, 2.45) is 11.8 Å². The van der Waals surface area contributed by atoms with Crippen molar-refractivity contribution < 1.29 is 4.79 Å². The number of anilines is 1. The molecule has 2 fully saturated rings. The van der Waals surface area contributed by atoms with Crippen LogP contribution in [0.15, 0.2) is 24.4 Å². The number of pyridine rings is 1. The van der Waals surface area contributed by atoms with Crippen molar-refractivity contribution in [1.82, 2.24) is 14.8 Å². The van der Waals surface area contributed by atoms with E-state index in [2.05, 4.69) is 33.9 Å². The molecular formula is C19H30N4O. The van der Waals surface area contributed by atoms with Gasteiger partial charge in [-0.05, 0) is 56.7 Å². The maximum absolute atomic E-state index is 12.7. The third-order valence-corrected chi connectivity index (χ3v) is 5.55. The van der Waals surface area contributed by atoms with Crippen LogP contribution in [0.2, 0.25) is 0 Å². The van der Waals surface area contributed by atoms with E-state index in [0.29, 0.717) is 11.8 Å². The molecule has 1 amide bonds. The molecule has 2 atom stereocenters. The number of hydrogen-bond donors (Lipinski definition) is 1. The first-order valence-corrected chi connectivity index (χ1v) is 9.31. The first-order chi connectivity index (χ1) is 11.6.